The number of carbonyl (C=O) groups is 1. The van der Waals surface area contributed by atoms with E-state index in [-0.39, 0.29) is 28.8 Å². The topological polar surface area (TPSA) is 97.0 Å². The van der Waals surface area contributed by atoms with E-state index in [1.807, 2.05) is 0 Å². The second-order valence-electron chi connectivity index (χ2n) is 7.72. The molecule has 2 aromatic carbocycles. The van der Waals surface area contributed by atoms with Crippen molar-refractivity contribution >= 4 is 17.5 Å². The number of hydrogen-bond acceptors (Lipinski definition) is 5. The van der Waals surface area contributed by atoms with Crippen molar-refractivity contribution in [1.29, 1.82) is 0 Å². The largest absolute Gasteiger partial charge is 0.426 e. The number of halogens is 5. The predicted molar refractivity (Wildman–Crippen MR) is 121 cm³/mol. The third-order valence-corrected chi connectivity index (χ3v) is 5.79. The second-order valence-corrected chi connectivity index (χ2v) is 8.12. The summed E-state index contributed by atoms with van der Waals surface area (Å²) < 4.78 is 58.0. The Balaban J connectivity index is 1.93. The van der Waals surface area contributed by atoms with E-state index in [4.69, 9.17) is 11.6 Å². The summed E-state index contributed by atoms with van der Waals surface area (Å²) in [5.74, 6) is -1.69. The molecule has 1 aromatic heterocycles. The van der Waals surface area contributed by atoms with E-state index < -0.39 is 29.2 Å². The first-order valence-corrected chi connectivity index (χ1v) is 10.7. The van der Waals surface area contributed by atoms with Crippen LogP contribution in [0.2, 0.25) is 5.02 Å². The molecule has 1 unspecified atom stereocenters. The fraction of sp³-hybridized carbons (Fsp3) is 0.304. The fourth-order valence-electron chi connectivity index (χ4n) is 3.18. The maximum atomic E-state index is 13.9. The number of aromatic nitrogens is 3. The Morgan fingerprint density at radius 2 is 1.89 bits per heavy atom. The van der Waals surface area contributed by atoms with Crippen LogP contribution in [-0.2, 0) is 22.5 Å². The Morgan fingerprint density at radius 3 is 2.51 bits per heavy atom. The minimum atomic E-state index is -4.92. The van der Waals surface area contributed by atoms with Crippen LogP contribution in [0.5, 0.6) is 0 Å². The number of benzene rings is 2. The average molecular weight is 513 g/mol. The van der Waals surface area contributed by atoms with Gasteiger partial charge in [0.2, 0.25) is 5.60 Å². The summed E-state index contributed by atoms with van der Waals surface area (Å²) in [6.07, 6.45) is -4.50. The SMILES string of the molecule is CCc1cc(-c2nc(-c3cc(CNC(=O)C(C)(OC)C(F)(F)F)ccc3Cl)[nH]c(=O)n2)ccc1F. The Morgan fingerprint density at radius 1 is 1.17 bits per heavy atom. The molecule has 1 heterocycles. The Labute approximate surface area is 202 Å². The van der Waals surface area contributed by atoms with Gasteiger partial charge in [0.25, 0.3) is 5.91 Å². The average Bonchev–Trinajstić information content (AvgIpc) is 2.81. The van der Waals surface area contributed by atoms with Crippen LogP contribution >= 0.6 is 11.6 Å². The number of carbonyl (C=O) groups excluding carboxylic acids is 1. The number of aryl methyl sites for hydroxylation is 1. The summed E-state index contributed by atoms with van der Waals surface area (Å²) in [6.45, 7) is 2.13. The molecule has 0 spiro atoms. The zero-order chi connectivity index (χ0) is 26.0. The van der Waals surface area contributed by atoms with Crippen LogP contribution < -0.4 is 11.0 Å². The summed E-state index contributed by atoms with van der Waals surface area (Å²) in [5, 5.41) is 2.38. The van der Waals surface area contributed by atoms with E-state index >= 15 is 0 Å². The van der Waals surface area contributed by atoms with Crippen molar-refractivity contribution < 1.29 is 27.1 Å². The molecule has 0 radical (unpaired) electrons. The molecule has 0 saturated heterocycles. The van der Waals surface area contributed by atoms with Crippen LogP contribution in [0.3, 0.4) is 0 Å². The molecule has 7 nitrogen and oxygen atoms in total. The number of H-pyrrole nitrogens is 1. The minimum Gasteiger partial charge on any atom is -0.361 e. The first-order chi connectivity index (χ1) is 16.4. The number of alkyl halides is 3. The van der Waals surface area contributed by atoms with Crippen LogP contribution in [0.15, 0.2) is 41.2 Å². The number of amides is 1. The molecular weight excluding hydrogens is 492 g/mol. The van der Waals surface area contributed by atoms with Crippen molar-refractivity contribution in [2.45, 2.75) is 38.6 Å². The normalized spacial score (nSPS) is 13.4. The number of nitrogens with one attached hydrogen (secondary N) is 2. The maximum Gasteiger partial charge on any atom is 0.426 e. The minimum absolute atomic E-state index is 0.0364. The summed E-state index contributed by atoms with van der Waals surface area (Å²) >= 11 is 6.28. The van der Waals surface area contributed by atoms with Gasteiger partial charge in [-0.2, -0.15) is 18.2 Å². The summed E-state index contributed by atoms with van der Waals surface area (Å²) in [4.78, 5) is 35.0. The van der Waals surface area contributed by atoms with Crippen LogP contribution in [0.4, 0.5) is 17.6 Å². The van der Waals surface area contributed by atoms with Gasteiger partial charge in [0.05, 0.1) is 5.02 Å². The zero-order valence-corrected chi connectivity index (χ0v) is 19.6. The quantitative estimate of drug-likeness (QED) is 0.456. The fourth-order valence-corrected chi connectivity index (χ4v) is 3.38. The molecule has 0 bridgehead atoms. The van der Waals surface area contributed by atoms with Crippen molar-refractivity contribution in [3.8, 4) is 22.8 Å². The number of ether oxygens (including phenoxy) is 1. The molecule has 0 saturated carbocycles. The van der Waals surface area contributed by atoms with E-state index in [1.54, 1.807) is 6.92 Å². The zero-order valence-electron chi connectivity index (χ0n) is 18.9. The highest BCUT2D eigenvalue weighted by Crippen LogP contribution is 2.33. The third kappa shape index (κ3) is 5.51. The number of methoxy groups -OCH3 is 1. The molecule has 2 N–H and O–H groups in total. The molecule has 186 valence electrons. The molecule has 1 atom stereocenters. The van der Waals surface area contributed by atoms with Gasteiger partial charge in [-0.15, -0.1) is 0 Å². The van der Waals surface area contributed by atoms with Gasteiger partial charge in [0.1, 0.15) is 11.6 Å². The highest BCUT2D eigenvalue weighted by atomic mass is 35.5. The number of nitrogens with zero attached hydrogens (tertiary/aromatic N) is 2. The molecule has 0 aliphatic carbocycles. The van der Waals surface area contributed by atoms with Crippen LogP contribution in [-0.4, -0.2) is 39.7 Å². The van der Waals surface area contributed by atoms with Gasteiger partial charge < -0.3 is 10.1 Å². The van der Waals surface area contributed by atoms with E-state index in [0.717, 1.165) is 7.11 Å². The molecule has 35 heavy (non-hydrogen) atoms. The van der Waals surface area contributed by atoms with Crippen molar-refractivity contribution in [3.05, 3.63) is 68.8 Å². The molecule has 1 amide bonds. The summed E-state index contributed by atoms with van der Waals surface area (Å²) in [6, 6.07) is 8.64. The van der Waals surface area contributed by atoms with Crippen molar-refractivity contribution in [1.82, 2.24) is 20.3 Å². The summed E-state index contributed by atoms with van der Waals surface area (Å²) in [5.41, 5.74) is -2.28. The number of hydrogen-bond donors (Lipinski definition) is 2. The Kier molecular flexibility index (Phi) is 7.61. The van der Waals surface area contributed by atoms with Gasteiger partial charge >= 0.3 is 11.9 Å². The van der Waals surface area contributed by atoms with Crippen LogP contribution in [0.1, 0.15) is 25.0 Å². The van der Waals surface area contributed by atoms with Crippen molar-refractivity contribution in [2.24, 2.45) is 0 Å². The lowest BCUT2D eigenvalue weighted by Gasteiger charge is -2.29. The maximum absolute atomic E-state index is 13.9. The first kappa shape index (κ1) is 26.3. The Hall–Kier alpha value is -3.31. The Bertz CT molecular complexity index is 1310. The molecule has 0 fully saturated rings. The van der Waals surface area contributed by atoms with Crippen LogP contribution in [0, 0.1) is 5.82 Å². The summed E-state index contributed by atoms with van der Waals surface area (Å²) in [7, 11) is 0.793. The molecule has 12 heteroatoms. The highest BCUT2D eigenvalue weighted by molar-refractivity contribution is 6.33. The molecule has 0 aliphatic rings. The molecule has 0 aliphatic heterocycles. The second kappa shape index (κ2) is 10.1. The van der Waals surface area contributed by atoms with E-state index in [0.29, 0.717) is 30.0 Å². The van der Waals surface area contributed by atoms with E-state index in [9.17, 15) is 27.2 Å². The van der Waals surface area contributed by atoms with E-state index in [2.05, 4.69) is 25.0 Å². The highest BCUT2D eigenvalue weighted by Gasteiger charge is 2.57. The van der Waals surface area contributed by atoms with Crippen molar-refractivity contribution in [3.63, 3.8) is 0 Å². The smallest absolute Gasteiger partial charge is 0.361 e. The van der Waals surface area contributed by atoms with Crippen LogP contribution in [0.25, 0.3) is 22.8 Å². The van der Waals surface area contributed by atoms with Crippen molar-refractivity contribution in [2.75, 3.05) is 7.11 Å². The standard InChI is InChI=1S/C23H21ClF4N4O3/c1-4-13-10-14(6-8-17(13)25)18-30-19(32-21(34)31-18)15-9-12(5-7-16(15)24)11-29-20(33)22(2,35-3)23(26,27)28/h5-10H,4,11H2,1-3H3,(H,29,33)(H,30,31,32,34). The van der Waals surface area contributed by atoms with Gasteiger partial charge in [0, 0.05) is 24.8 Å². The first-order valence-electron chi connectivity index (χ1n) is 10.4. The number of rotatable bonds is 7. The number of aromatic amines is 1. The lowest BCUT2D eigenvalue weighted by Crippen LogP contribution is -2.55. The van der Waals surface area contributed by atoms with Gasteiger partial charge in [-0.25, -0.2) is 14.2 Å². The van der Waals surface area contributed by atoms with Gasteiger partial charge in [-0.3, -0.25) is 9.78 Å². The monoisotopic (exact) mass is 512 g/mol. The lowest BCUT2D eigenvalue weighted by molar-refractivity contribution is -0.253. The molecular formula is C23H21ClF4N4O3. The van der Waals surface area contributed by atoms with Gasteiger partial charge in [-0.05, 0) is 54.8 Å². The third-order valence-electron chi connectivity index (χ3n) is 5.46. The molecule has 3 rings (SSSR count). The van der Waals surface area contributed by atoms with E-state index in [1.165, 1.54) is 36.4 Å². The molecule has 3 aromatic rings. The predicted octanol–water partition coefficient (Wildman–Crippen LogP) is 4.44. The lowest BCUT2D eigenvalue weighted by atomic mass is 10.0. The van der Waals surface area contributed by atoms with Gasteiger partial charge in [-0.1, -0.05) is 24.6 Å². The van der Waals surface area contributed by atoms with Gasteiger partial charge in [0.15, 0.2) is 5.82 Å².